The van der Waals surface area contributed by atoms with Crippen molar-refractivity contribution in [2.75, 3.05) is 5.32 Å². The third-order valence-corrected chi connectivity index (χ3v) is 4.50. The van der Waals surface area contributed by atoms with E-state index in [2.05, 4.69) is 15.3 Å². The Bertz CT molecular complexity index is 1020. The van der Waals surface area contributed by atoms with Gasteiger partial charge in [0.1, 0.15) is 0 Å². The summed E-state index contributed by atoms with van der Waals surface area (Å²) in [5, 5.41) is 6.64. The van der Waals surface area contributed by atoms with Gasteiger partial charge in [-0.15, -0.1) is 0 Å². The van der Waals surface area contributed by atoms with E-state index in [0.29, 0.717) is 11.3 Å². The molecule has 4 aromatic rings. The lowest BCUT2D eigenvalue weighted by molar-refractivity contribution is 0.102. The van der Waals surface area contributed by atoms with Crippen molar-refractivity contribution in [3.8, 4) is 11.3 Å². The summed E-state index contributed by atoms with van der Waals surface area (Å²) in [5.74, 6) is 0.555. The molecule has 4 rings (SSSR count). The van der Waals surface area contributed by atoms with Crippen LogP contribution >= 0.6 is 11.3 Å². The van der Waals surface area contributed by atoms with Crippen molar-refractivity contribution in [2.45, 2.75) is 6.92 Å². The molecule has 0 fully saturated rings. The number of nitrogens with zero attached hydrogens (tertiary/aromatic N) is 3. The van der Waals surface area contributed by atoms with E-state index in [1.54, 1.807) is 6.20 Å². The summed E-state index contributed by atoms with van der Waals surface area (Å²) < 4.78 is 1.95. The number of aromatic nitrogens is 3. The van der Waals surface area contributed by atoms with Gasteiger partial charge in [-0.1, -0.05) is 12.1 Å². The van der Waals surface area contributed by atoms with Crippen molar-refractivity contribution in [1.29, 1.82) is 0 Å². The van der Waals surface area contributed by atoms with E-state index in [1.807, 2.05) is 64.7 Å². The van der Waals surface area contributed by atoms with E-state index in [9.17, 15) is 4.79 Å². The number of aryl methyl sites for hydroxylation is 1. The smallest absolute Gasteiger partial charge is 0.256 e. The van der Waals surface area contributed by atoms with E-state index in [-0.39, 0.29) is 5.91 Å². The Balaban J connectivity index is 1.69. The Hall–Kier alpha value is -2.99. The molecule has 0 aliphatic heterocycles. The lowest BCUT2D eigenvalue weighted by atomic mass is 10.1. The summed E-state index contributed by atoms with van der Waals surface area (Å²) in [6.45, 7) is 2.01. The fraction of sp³-hybridized carbons (Fsp3) is 0.0556. The average Bonchev–Trinajstić information content (AvgIpc) is 3.24. The van der Waals surface area contributed by atoms with Crippen LogP contribution in [0.3, 0.4) is 0 Å². The number of thiophene rings is 1. The molecule has 0 saturated carbocycles. The molecular formula is C18H14N4OS. The third-order valence-electron chi connectivity index (χ3n) is 3.82. The SMILES string of the molecule is Cc1c(-c2cccc(NC(=O)c3ccsc3)c2)nc2ncccn12. The van der Waals surface area contributed by atoms with Gasteiger partial charge in [0.25, 0.3) is 5.91 Å². The van der Waals surface area contributed by atoms with E-state index >= 15 is 0 Å². The highest BCUT2D eigenvalue weighted by atomic mass is 32.1. The minimum absolute atomic E-state index is 0.109. The van der Waals surface area contributed by atoms with Crippen molar-refractivity contribution in [3.05, 3.63) is 70.8 Å². The van der Waals surface area contributed by atoms with Crippen LogP contribution in [0.1, 0.15) is 16.1 Å². The first-order valence-electron chi connectivity index (χ1n) is 7.46. The second kappa shape index (κ2) is 5.90. The minimum atomic E-state index is -0.109. The van der Waals surface area contributed by atoms with Crippen molar-refractivity contribution >= 4 is 28.7 Å². The van der Waals surface area contributed by atoms with Crippen molar-refractivity contribution in [1.82, 2.24) is 14.4 Å². The molecular weight excluding hydrogens is 320 g/mol. The lowest BCUT2D eigenvalue weighted by Gasteiger charge is -2.06. The lowest BCUT2D eigenvalue weighted by Crippen LogP contribution is -2.10. The van der Waals surface area contributed by atoms with E-state index in [1.165, 1.54) is 11.3 Å². The van der Waals surface area contributed by atoms with Gasteiger partial charge in [0.2, 0.25) is 5.78 Å². The molecule has 0 spiro atoms. The Morgan fingerprint density at radius 1 is 1.25 bits per heavy atom. The van der Waals surface area contributed by atoms with Crippen molar-refractivity contribution in [3.63, 3.8) is 0 Å². The highest BCUT2D eigenvalue weighted by Gasteiger charge is 2.12. The predicted molar refractivity (Wildman–Crippen MR) is 95.4 cm³/mol. The number of fused-ring (bicyclic) bond motifs is 1. The molecule has 1 aromatic carbocycles. The number of hydrogen-bond acceptors (Lipinski definition) is 4. The van der Waals surface area contributed by atoms with Crippen LogP contribution in [0.25, 0.3) is 17.0 Å². The molecule has 0 aliphatic carbocycles. The monoisotopic (exact) mass is 334 g/mol. The van der Waals surface area contributed by atoms with Crippen LogP contribution in [0.4, 0.5) is 5.69 Å². The van der Waals surface area contributed by atoms with Crippen LogP contribution in [0.5, 0.6) is 0 Å². The predicted octanol–water partition coefficient (Wildman–Crippen LogP) is 4.02. The number of nitrogens with one attached hydrogen (secondary N) is 1. The molecule has 0 unspecified atom stereocenters. The molecule has 0 aliphatic rings. The molecule has 0 atom stereocenters. The van der Waals surface area contributed by atoms with Crippen LogP contribution in [-0.2, 0) is 0 Å². The summed E-state index contributed by atoms with van der Waals surface area (Å²) >= 11 is 1.50. The molecule has 24 heavy (non-hydrogen) atoms. The zero-order chi connectivity index (χ0) is 16.5. The quantitative estimate of drug-likeness (QED) is 0.615. The summed E-state index contributed by atoms with van der Waals surface area (Å²) in [6, 6.07) is 11.4. The molecule has 118 valence electrons. The van der Waals surface area contributed by atoms with Gasteiger partial charge in [-0.25, -0.2) is 9.97 Å². The Morgan fingerprint density at radius 2 is 2.17 bits per heavy atom. The van der Waals surface area contributed by atoms with Gasteiger partial charge in [0, 0.05) is 34.7 Å². The highest BCUT2D eigenvalue weighted by Crippen LogP contribution is 2.25. The average molecular weight is 334 g/mol. The van der Waals surface area contributed by atoms with Gasteiger partial charge in [-0.3, -0.25) is 9.20 Å². The Kier molecular flexibility index (Phi) is 3.59. The van der Waals surface area contributed by atoms with Gasteiger partial charge >= 0.3 is 0 Å². The molecule has 3 aromatic heterocycles. The summed E-state index contributed by atoms with van der Waals surface area (Å²) in [7, 11) is 0. The topological polar surface area (TPSA) is 59.3 Å². The largest absolute Gasteiger partial charge is 0.322 e. The molecule has 0 saturated heterocycles. The number of amides is 1. The zero-order valence-electron chi connectivity index (χ0n) is 12.9. The summed E-state index contributed by atoms with van der Waals surface area (Å²) in [6.07, 6.45) is 3.67. The van der Waals surface area contributed by atoms with Crippen LogP contribution in [-0.4, -0.2) is 20.3 Å². The number of anilines is 1. The molecule has 1 amide bonds. The van der Waals surface area contributed by atoms with Gasteiger partial charge in [0.15, 0.2) is 0 Å². The summed E-state index contributed by atoms with van der Waals surface area (Å²) in [4.78, 5) is 21.1. The molecule has 1 N–H and O–H groups in total. The maximum Gasteiger partial charge on any atom is 0.256 e. The number of carbonyl (C=O) groups excluding carboxylic acids is 1. The fourth-order valence-electron chi connectivity index (χ4n) is 2.62. The van der Waals surface area contributed by atoms with Gasteiger partial charge < -0.3 is 5.32 Å². The highest BCUT2D eigenvalue weighted by molar-refractivity contribution is 7.08. The fourth-order valence-corrected chi connectivity index (χ4v) is 3.25. The maximum atomic E-state index is 12.2. The Labute approximate surface area is 142 Å². The second-order valence-corrected chi connectivity index (χ2v) is 6.16. The van der Waals surface area contributed by atoms with Crippen molar-refractivity contribution in [2.24, 2.45) is 0 Å². The number of carbonyl (C=O) groups is 1. The first-order chi connectivity index (χ1) is 11.7. The van der Waals surface area contributed by atoms with Gasteiger partial charge in [-0.05, 0) is 36.6 Å². The molecule has 6 heteroatoms. The van der Waals surface area contributed by atoms with Crippen LogP contribution in [0.2, 0.25) is 0 Å². The minimum Gasteiger partial charge on any atom is -0.322 e. The maximum absolute atomic E-state index is 12.2. The van der Waals surface area contributed by atoms with Gasteiger partial charge in [0.05, 0.1) is 11.3 Å². The van der Waals surface area contributed by atoms with Gasteiger partial charge in [-0.2, -0.15) is 11.3 Å². The zero-order valence-corrected chi connectivity index (χ0v) is 13.7. The van der Waals surface area contributed by atoms with E-state index in [4.69, 9.17) is 0 Å². The first kappa shape index (κ1) is 14.6. The van der Waals surface area contributed by atoms with E-state index in [0.717, 1.165) is 22.6 Å². The number of hydrogen-bond donors (Lipinski definition) is 1. The molecule has 0 bridgehead atoms. The normalized spacial score (nSPS) is 10.9. The third kappa shape index (κ3) is 2.57. The molecule has 5 nitrogen and oxygen atoms in total. The molecule has 0 radical (unpaired) electrons. The molecule has 3 heterocycles. The standard InChI is InChI=1S/C18H14N4OS/c1-12-16(21-18-19-7-3-8-22(12)18)13-4-2-5-15(10-13)20-17(23)14-6-9-24-11-14/h2-11H,1H3,(H,20,23). The summed E-state index contributed by atoms with van der Waals surface area (Å²) in [5.41, 5.74) is 4.23. The first-order valence-corrected chi connectivity index (χ1v) is 8.40. The Morgan fingerprint density at radius 3 is 2.96 bits per heavy atom. The van der Waals surface area contributed by atoms with Crippen LogP contribution in [0.15, 0.2) is 59.6 Å². The number of benzene rings is 1. The van der Waals surface area contributed by atoms with Crippen molar-refractivity contribution < 1.29 is 4.79 Å². The second-order valence-electron chi connectivity index (χ2n) is 5.38. The van der Waals surface area contributed by atoms with Crippen LogP contribution in [0, 0.1) is 6.92 Å². The van der Waals surface area contributed by atoms with E-state index < -0.39 is 0 Å². The number of imidazole rings is 1. The number of rotatable bonds is 3. The van der Waals surface area contributed by atoms with Crippen LogP contribution < -0.4 is 5.32 Å².